The molecule has 1 saturated heterocycles. The smallest absolute Gasteiger partial charge is 0.136 e. The van der Waals surface area contributed by atoms with Gasteiger partial charge < -0.3 is 13.6 Å². The normalized spacial score (nSPS) is 19.8. The van der Waals surface area contributed by atoms with Gasteiger partial charge in [0.1, 0.15) is 17.2 Å². The number of aryl methyl sites for hydroxylation is 1. The standard InChI is InChI=1S/C17H19N3O2/c1-13-5-6-16(22-13)15-12-21-10-9-19(15)11-14-3-2-4-17-18-7-8-20(14)17/h2-8,15H,9-12H2,1H3. The fourth-order valence-electron chi connectivity index (χ4n) is 3.07. The molecule has 0 aromatic carbocycles. The maximum atomic E-state index is 5.82. The van der Waals surface area contributed by atoms with Gasteiger partial charge in [0.2, 0.25) is 0 Å². The molecule has 1 fully saturated rings. The number of rotatable bonds is 3. The third kappa shape index (κ3) is 2.42. The second-order valence-corrected chi connectivity index (χ2v) is 5.68. The monoisotopic (exact) mass is 297 g/mol. The van der Waals surface area contributed by atoms with Crippen LogP contribution >= 0.6 is 0 Å². The van der Waals surface area contributed by atoms with Crippen molar-refractivity contribution in [3.63, 3.8) is 0 Å². The molecule has 114 valence electrons. The van der Waals surface area contributed by atoms with E-state index in [1.54, 1.807) is 0 Å². The lowest BCUT2D eigenvalue weighted by atomic mass is 10.1. The average molecular weight is 297 g/mol. The van der Waals surface area contributed by atoms with Gasteiger partial charge >= 0.3 is 0 Å². The molecule has 1 atom stereocenters. The van der Waals surface area contributed by atoms with E-state index in [1.807, 2.05) is 31.5 Å². The summed E-state index contributed by atoms with van der Waals surface area (Å²) in [6.45, 7) is 5.16. The number of nitrogens with zero attached hydrogens (tertiary/aromatic N) is 3. The van der Waals surface area contributed by atoms with Crippen LogP contribution in [0.25, 0.3) is 5.65 Å². The van der Waals surface area contributed by atoms with Crippen LogP contribution in [-0.4, -0.2) is 34.0 Å². The topological polar surface area (TPSA) is 42.9 Å². The van der Waals surface area contributed by atoms with Crippen molar-refractivity contribution in [3.05, 3.63) is 59.9 Å². The number of hydrogen-bond donors (Lipinski definition) is 0. The van der Waals surface area contributed by atoms with Crippen molar-refractivity contribution in [1.82, 2.24) is 14.3 Å². The van der Waals surface area contributed by atoms with Crippen molar-refractivity contribution in [2.75, 3.05) is 19.8 Å². The summed E-state index contributed by atoms with van der Waals surface area (Å²) in [6.07, 6.45) is 3.85. The van der Waals surface area contributed by atoms with E-state index < -0.39 is 0 Å². The molecule has 0 spiro atoms. The number of imidazole rings is 1. The Bertz CT molecular complexity index is 777. The molecule has 22 heavy (non-hydrogen) atoms. The van der Waals surface area contributed by atoms with Gasteiger partial charge in [0.05, 0.1) is 19.3 Å². The molecule has 0 amide bonds. The minimum Gasteiger partial charge on any atom is -0.465 e. The highest BCUT2D eigenvalue weighted by Crippen LogP contribution is 2.27. The first-order chi connectivity index (χ1) is 10.8. The highest BCUT2D eigenvalue weighted by molar-refractivity contribution is 5.39. The minimum atomic E-state index is 0.168. The van der Waals surface area contributed by atoms with E-state index in [2.05, 4.69) is 32.5 Å². The molecule has 5 heteroatoms. The number of hydrogen-bond acceptors (Lipinski definition) is 4. The van der Waals surface area contributed by atoms with Crippen LogP contribution in [0.3, 0.4) is 0 Å². The Labute approximate surface area is 129 Å². The van der Waals surface area contributed by atoms with Gasteiger partial charge in [0.25, 0.3) is 0 Å². The number of morpholine rings is 1. The van der Waals surface area contributed by atoms with Gasteiger partial charge in [-0.15, -0.1) is 0 Å². The summed E-state index contributed by atoms with van der Waals surface area (Å²) >= 11 is 0. The molecule has 0 saturated carbocycles. The minimum absolute atomic E-state index is 0.168. The Balaban J connectivity index is 1.63. The Morgan fingerprint density at radius 3 is 3.09 bits per heavy atom. The van der Waals surface area contributed by atoms with Gasteiger partial charge in [-0.1, -0.05) is 6.07 Å². The van der Waals surface area contributed by atoms with Crippen molar-refractivity contribution >= 4 is 5.65 Å². The Morgan fingerprint density at radius 2 is 2.23 bits per heavy atom. The summed E-state index contributed by atoms with van der Waals surface area (Å²) in [7, 11) is 0. The Hall–Kier alpha value is -2.11. The summed E-state index contributed by atoms with van der Waals surface area (Å²) in [5.74, 6) is 1.92. The maximum Gasteiger partial charge on any atom is 0.136 e. The zero-order valence-corrected chi connectivity index (χ0v) is 12.6. The van der Waals surface area contributed by atoms with Crippen LogP contribution in [0.1, 0.15) is 23.3 Å². The molecule has 0 N–H and O–H groups in total. The summed E-state index contributed by atoms with van der Waals surface area (Å²) in [5.41, 5.74) is 2.21. The number of fused-ring (bicyclic) bond motifs is 1. The highest BCUT2D eigenvalue weighted by atomic mass is 16.5. The number of ether oxygens (including phenoxy) is 1. The fourth-order valence-corrected chi connectivity index (χ4v) is 3.07. The lowest BCUT2D eigenvalue weighted by molar-refractivity contribution is -0.0211. The lowest BCUT2D eigenvalue weighted by Gasteiger charge is -2.34. The summed E-state index contributed by atoms with van der Waals surface area (Å²) < 4.78 is 13.6. The van der Waals surface area contributed by atoms with E-state index in [4.69, 9.17) is 9.15 Å². The van der Waals surface area contributed by atoms with Crippen LogP contribution in [0.15, 0.2) is 47.1 Å². The summed E-state index contributed by atoms with van der Waals surface area (Å²) in [5, 5.41) is 0. The van der Waals surface area contributed by atoms with Gasteiger partial charge in [0.15, 0.2) is 0 Å². The van der Waals surface area contributed by atoms with Crippen LogP contribution in [0.5, 0.6) is 0 Å². The fraction of sp³-hybridized carbons (Fsp3) is 0.353. The first-order valence-corrected chi connectivity index (χ1v) is 7.60. The molecular formula is C17H19N3O2. The molecular weight excluding hydrogens is 278 g/mol. The molecule has 4 heterocycles. The number of aromatic nitrogens is 2. The predicted octanol–water partition coefficient (Wildman–Crippen LogP) is 2.81. The van der Waals surface area contributed by atoms with Crippen molar-refractivity contribution in [2.45, 2.75) is 19.5 Å². The number of pyridine rings is 1. The quantitative estimate of drug-likeness (QED) is 0.745. The summed E-state index contributed by atoms with van der Waals surface area (Å²) in [4.78, 5) is 6.77. The molecule has 3 aromatic rings. The van der Waals surface area contributed by atoms with Crippen LogP contribution in [0.2, 0.25) is 0 Å². The zero-order chi connectivity index (χ0) is 14.9. The van der Waals surface area contributed by atoms with E-state index in [9.17, 15) is 0 Å². The van der Waals surface area contributed by atoms with E-state index in [-0.39, 0.29) is 6.04 Å². The molecule has 4 rings (SSSR count). The molecule has 3 aromatic heterocycles. The van der Waals surface area contributed by atoms with E-state index in [0.29, 0.717) is 6.61 Å². The highest BCUT2D eigenvalue weighted by Gasteiger charge is 2.27. The van der Waals surface area contributed by atoms with E-state index in [1.165, 1.54) is 5.69 Å². The van der Waals surface area contributed by atoms with Crippen LogP contribution < -0.4 is 0 Å². The van der Waals surface area contributed by atoms with E-state index in [0.717, 1.165) is 36.9 Å². The van der Waals surface area contributed by atoms with Crippen LogP contribution in [0, 0.1) is 6.92 Å². The number of furan rings is 1. The van der Waals surface area contributed by atoms with Gasteiger partial charge in [-0.25, -0.2) is 4.98 Å². The van der Waals surface area contributed by atoms with Crippen LogP contribution in [-0.2, 0) is 11.3 Å². The lowest BCUT2D eigenvalue weighted by Crippen LogP contribution is -2.39. The van der Waals surface area contributed by atoms with Crippen molar-refractivity contribution < 1.29 is 9.15 Å². The van der Waals surface area contributed by atoms with Crippen molar-refractivity contribution in [2.24, 2.45) is 0 Å². The van der Waals surface area contributed by atoms with Gasteiger partial charge in [0, 0.05) is 31.2 Å². The predicted molar refractivity (Wildman–Crippen MR) is 82.6 cm³/mol. The SMILES string of the molecule is Cc1ccc(C2COCCN2Cc2cccc3nccn23)o1. The molecule has 0 bridgehead atoms. The van der Waals surface area contributed by atoms with Crippen LogP contribution in [0.4, 0.5) is 0 Å². The summed E-state index contributed by atoms with van der Waals surface area (Å²) in [6, 6.07) is 10.5. The first kappa shape index (κ1) is 13.5. The van der Waals surface area contributed by atoms with Gasteiger partial charge in [-0.2, -0.15) is 0 Å². The van der Waals surface area contributed by atoms with Gasteiger partial charge in [-0.3, -0.25) is 4.90 Å². The molecule has 1 aliphatic heterocycles. The third-order valence-corrected chi connectivity index (χ3v) is 4.21. The largest absolute Gasteiger partial charge is 0.465 e. The first-order valence-electron chi connectivity index (χ1n) is 7.60. The van der Waals surface area contributed by atoms with Crippen molar-refractivity contribution in [3.8, 4) is 0 Å². The molecule has 1 unspecified atom stereocenters. The molecule has 0 radical (unpaired) electrons. The van der Waals surface area contributed by atoms with Crippen molar-refractivity contribution in [1.29, 1.82) is 0 Å². The second-order valence-electron chi connectivity index (χ2n) is 5.68. The molecule has 0 aliphatic carbocycles. The average Bonchev–Trinajstić information content (AvgIpc) is 3.17. The van der Waals surface area contributed by atoms with E-state index >= 15 is 0 Å². The molecule has 5 nitrogen and oxygen atoms in total. The van der Waals surface area contributed by atoms with Gasteiger partial charge in [-0.05, 0) is 31.2 Å². The third-order valence-electron chi connectivity index (χ3n) is 4.21. The molecule has 1 aliphatic rings. The Kier molecular flexibility index (Phi) is 3.44. The maximum absolute atomic E-state index is 5.82. The Morgan fingerprint density at radius 1 is 1.27 bits per heavy atom. The second kappa shape index (κ2) is 5.59. The zero-order valence-electron chi connectivity index (χ0n) is 12.6.